The minimum absolute atomic E-state index is 0.133. The summed E-state index contributed by atoms with van der Waals surface area (Å²) in [6, 6.07) is 25.6. The first kappa shape index (κ1) is 19.9. The summed E-state index contributed by atoms with van der Waals surface area (Å²) in [5, 5.41) is 6.42. The van der Waals surface area contributed by atoms with E-state index in [2.05, 4.69) is 44.4 Å². The number of amides is 1. The van der Waals surface area contributed by atoms with Crippen molar-refractivity contribution in [2.45, 2.75) is 13.0 Å². The van der Waals surface area contributed by atoms with Crippen molar-refractivity contribution in [3.63, 3.8) is 0 Å². The molecule has 2 N–H and O–H groups in total. The van der Waals surface area contributed by atoms with Crippen LogP contribution in [-0.2, 0) is 4.79 Å². The van der Waals surface area contributed by atoms with E-state index >= 15 is 0 Å². The van der Waals surface area contributed by atoms with Crippen LogP contribution >= 0.6 is 0 Å². The van der Waals surface area contributed by atoms with E-state index in [0.29, 0.717) is 5.57 Å². The summed E-state index contributed by atoms with van der Waals surface area (Å²) in [7, 11) is 4.04. The molecule has 1 amide bonds. The van der Waals surface area contributed by atoms with Crippen molar-refractivity contribution in [1.82, 2.24) is 9.55 Å². The highest BCUT2D eigenvalue weighted by Gasteiger charge is 2.34. The normalized spacial score (nSPS) is 15.3. The topological polar surface area (TPSA) is 62.2 Å². The zero-order chi connectivity index (χ0) is 22.2. The van der Waals surface area contributed by atoms with Crippen LogP contribution < -0.4 is 15.5 Å². The highest BCUT2D eigenvalue weighted by Crippen LogP contribution is 2.39. The number of nitrogens with zero attached hydrogens (tertiary/aromatic N) is 3. The summed E-state index contributed by atoms with van der Waals surface area (Å²) in [6.45, 7) is 1.93. The molecule has 0 saturated heterocycles. The van der Waals surface area contributed by atoms with E-state index in [1.807, 2.05) is 75.6 Å². The largest absolute Gasteiger partial charge is 0.378 e. The Balaban J connectivity index is 1.66. The first-order valence-electron chi connectivity index (χ1n) is 10.6. The Labute approximate surface area is 187 Å². The van der Waals surface area contributed by atoms with Gasteiger partial charge in [0.25, 0.3) is 5.91 Å². The van der Waals surface area contributed by atoms with Gasteiger partial charge < -0.3 is 15.5 Å². The second-order valence-corrected chi connectivity index (χ2v) is 8.17. The first-order valence-corrected chi connectivity index (χ1v) is 10.6. The van der Waals surface area contributed by atoms with Gasteiger partial charge in [0.15, 0.2) is 0 Å². The van der Waals surface area contributed by atoms with Crippen molar-refractivity contribution in [2.75, 3.05) is 29.6 Å². The molecule has 0 saturated carbocycles. The maximum absolute atomic E-state index is 13.6. The number of allylic oxidation sites excluding steroid dienone is 1. The number of aromatic nitrogens is 2. The van der Waals surface area contributed by atoms with Crippen LogP contribution in [0.25, 0.3) is 11.0 Å². The van der Waals surface area contributed by atoms with E-state index in [0.717, 1.165) is 39.6 Å². The van der Waals surface area contributed by atoms with Gasteiger partial charge in [0.1, 0.15) is 0 Å². The van der Waals surface area contributed by atoms with Crippen molar-refractivity contribution < 1.29 is 4.79 Å². The minimum atomic E-state index is -0.307. The third-order valence-electron chi connectivity index (χ3n) is 5.83. The molecule has 0 fully saturated rings. The molecule has 4 aromatic rings. The van der Waals surface area contributed by atoms with Gasteiger partial charge in [-0.25, -0.2) is 4.98 Å². The molecule has 1 aliphatic heterocycles. The van der Waals surface area contributed by atoms with Crippen molar-refractivity contribution in [1.29, 1.82) is 0 Å². The van der Waals surface area contributed by atoms with Gasteiger partial charge >= 0.3 is 0 Å². The molecule has 2 heterocycles. The molecule has 0 aliphatic carbocycles. The number of nitrogens with one attached hydrogen (secondary N) is 2. The van der Waals surface area contributed by atoms with Crippen molar-refractivity contribution >= 4 is 34.3 Å². The molecule has 6 nitrogen and oxygen atoms in total. The Morgan fingerprint density at radius 1 is 0.969 bits per heavy atom. The molecule has 5 rings (SSSR count). The third-order valence-corrected chi connectivity index (χ3v) is 5.83. The van der Waals surface area contributed by atoms with Crippen LogP contribution in [0.5, 0.6) is 0 Å². The van der Waals surface area contributed by atoms with Gasteiger partial charge in [-0.3, -0.25) is 9.36 Å². The lowest BCUT2D eigenvalue weighted by molar-refractivity contribution is -0.113. The summed E-state index contributed by atoms with van der Waals surface area (Å²) < 4.78 is 2.12. The van der Waals surface area contributed by atoms with Gasteiger partial charge in [-0.15, -0.1) is 0 Å². The van der Waals surface area contributed by atoms with E-state index in [1.54, 1.807) is 0 Å². The minimum Gasteiger partial charge on any atom is -0.378 e. The van der Waals surface area contributed by atoms with E-state index in [9.17, 15) is 4.79 Å². The molecule has 0 radical (unpaired) electrons. The predicted octanol–water partition coefficient (Wildman–Crippen LogP) is 5.03. The van der Waals surface area contributed by atoms with E-state index in [1.165, 1.54) is 0 Å². The Morgan fingerprint density at radius 2 is 1.66 bits per heavy atom. The molecular formula is C26H25N5O. The number of para-hydroxylation sites is 3. The number of imidazole rings is 1. The molecule has 6 heteroatoms. The molecule has 160 valence electrons. The summed E-state index contributed by atoms with van der Waals surface area (Å²) in [4.78, 5) is 20.4. The quantitative estimate of drug-likeness (QED) is 0.483. The fourth-order valence-corrected chi connectivity index (χ4v) is 4.25. The van der Waals surface area contributed by atoms with Crippen molar-refractivity contribution in [3.8, 4) is 0 Å². The second-order valence-electron chi connectivity index (χ2n) is 8.17. The number of rotatable bonds is 4. The van der Waals surface area contributed by atoms with Crippen LogP contribution in [0.1, 0.15) is 18.5 Å². The first-order chi connectivity index (χ1) is 15.5. The Hall–Kier alpha value is -4.06. The average Bonchev–Trinajstić information content (AvgIpc) is 3.16. The zero-order valence-electron chi connectivity index (χ0n) is 18.3. The molecule has 1 atom stereocenters. The highest BCUT2D eigenvalue weighted by atomic mass is 16.1. The van der Waals surface area contributed by atoms with E-state index in [-0.39, 0.29) is 11.9 Å². The maximum atomic E-state index is 13.6. The summed E-state index contributed by atoms with van der Waals surface area (Å²) in [5.41, 5.74) is 6.23. The van der Waals surface area contributed by atoms with Gasteiger partial charge in [0.05, 0.1) is 22.6 Å². The maximum Gasteiger partial charge on any atom is 0.255 e. The zero-order valence-corrected chi connectivity index (χ0v) is 18.3. The molecule has 1 aliphatic rings. The number of anilines is 3. The summed E-state index contributed by atoms with van der Waals surface area (Å²) >= 11 is 0. The van der Waals surface area contributed by atoms with Crippen LogP contribution in [-0.4, -0.2) is 29.6 Å². The van der Waals surface area contributed by atoms with Gasteiger partial charge in [-0.1, -0.05) is 42.5 Å². The molecule has 32 heavy (non-hydrogen) atoms. The Bertz CT molecular complexity index is 1320. The molecule has 1 aromatic heterocycles. The van der Waals surface area contributed by atoms with Crippen molar-refractivity contribution in [2.24, 2.45) is 0 Å². The average molecular weight is 424 g/mol. The fraction of sp³-hybridized carbons (Fsp3) is 0.154. The lowest BCUT2D eigenvalue weighted by Gasteiger charge is -2.31. The lowest BCUT2D eigenvalue weighted by Crippen LogP contribution is -2.31. The fourth-order valence-electron chi connectivity index (χ4n) is 4.25. The number of hydrogen-bond acceptors (Lipinski definition) is 4. The standard InChI is InChI=1S/C26H25N5O/c1-17-23(25(32)28-19-9-5-4-6-10-19)24(18-13-15-20(16-14-18)30(2)3)31-22-12-8-7-11-21(22)29-26(31)27-17/h4-16,24H,1-3H3,(H,27,29)(H,28,32). The van der Waals surface area contributed by atoms with Crippen LogP contribution in [0.15, 0.2) is 90.1 Å². The third kappa shape index (κ3) is 3.39. The van der Waals surface area contributed by atoms with Gasteiger partial charge in [0, 0.05) is 31.2 Å². The summed E-state index contributed by atoms with van der Waals surface area (Å²) in [6.07, 6.45) is 0. The number of carbonyl (C=O) groups is 1. The molecule has 0 bridgehead atoms. The van der Waals surface area contributed by atoms with Gasteiger partial charge in [-0.2, -0.15) is 0 Å². The summed E-state index contributed by atoms with van der Waals surface area (Å²) in [5.74, 6) is 0.605. The predicted molar refractivity (Wildman–Crippen MR) is 130 cm³/mol. The second kappa shape index (κ2) is 7.89. The lowest BCUT2D eigenvalue weighted by atomic mass is 9.94. The Morgan fingerprint density at radius 3 is 2.38 bits per heavy atom. The molecule has 3 aromatic carbocycles. The van der Waals surface area contributed by atoms with Crippen LogP contribution in [0, 0.1) is 0 Å². The van der Waals surface area contributed by atoms with E-state index < -0.39 is 0 Å². The molecule has 1 unspecified atom stereocenters. The van der Waals surface area contributed by atoms with Crippen LogP contribution in [0.2, 0.25) is 0 Å². The SMILES string of the molecule is CC1=C(C(=O)Nc2ccccc2)C(c2ccc(N(C)C)cc2)n2c(nc3ccccc32)N1. The van der Waals surface area contributed by atoms with Crippen LogP contribution in [0.4, 0.5) is 17.3 Å². The van der Waals surface area contributed by atoms with E-state index in [4.69, 9.17) is 4.98 Å². The van der Waals surface area contributed by atoms with Gasteiger partial charge in [0.2, 0.25) is 5.95 Å². The number of benzene rings is 3. The monoisotopic (exact) mass is 423 g/mol. The van der Waals surface area contributed by atoms with Crippen LogP contribution in [0.3, 0.4) is 0 Å². The van der Waals surface area contributed by atoms with Gasteiger partial charge in [-0.05, 0) is 48.9 Å². The molecule has 0 spiro atoms. The smallest absolute Gasteiger partial charge is 0.255 e. The molecular weight excluding hydrogens is 398 g/mol. The highest BCUT2D eigenvalue weighted by molar-refractivity contribution is 6.06. The Kier molecular flexibility index (Phi) is 4.90. The number of hydrogen-bond donors (Lipinski definition) is 2. The van der Waals surface area contributed by atoms with Crippen molar-refractivity contribution in [3.05, 3.63) is 95.7 Å². The number of fused-ring (bicyclic) bond motifs is 3. The number of carbonyl (C=O) groups excluding carboxylic acids is 1.